The van der Waals surface area contributed by atoms with Gasteiger partial charge in [-0.05, 0) is 31.9 Å². The van der Waals surface area contributed by atoms with Crippen molar-refractivity contribution >= 4 is 5.91 Å². The van der Waals surface area contributed by atoms with Gasteiger partial charge >= 0.3 is 0 Å². The van der Waals surface area contributed by atoms with Crippen LogP contribution in [0.5, 0.6) is 0 Å². The second-order valence-corrected chi connectivity index (χ2v) is 6.13. The fourth-order valence-corrected chi connectivity index (χ4v) is 2.88. The number of hydrogen-bond donors (Lipinski definition) is 4. The fraction of sp³-hybridized carbons (Fsp3) is 0.588. The molecule has 1 aliphatic heterocycles. The Morgan fingerprint density at radius 2 is 1.95 bits per heavy atom. The second kappa shape index (κ2) is 7.72. The summed E-state index contributed by atoms with van der Waals surface area (Å²) >= 11 is 0. The van der Waals surface area contributed by atoms with E-state index in [0.717, 1.165) is 24.9 Å². The molecule has 0 aromatic heterocycles. The highest BCUT2D eigenvalue weighted by Gasteiger charge is 2.32. The SMILES string of the molecule is C[C@H](C(=O)N[C@H](C)[C@@H](O)c1ccccc1)[C@@H](O)[C@@H]1CCCN1. The highest BCUT2D eigenvalue weighted by Crippen LogP contribution is 2.19. The molecule has 4 N–H and O–H groups in total. The molecule has 22 heavy (non-hydrogen) atoms. The Bertz CT molecular complexity index is 474. The number of nitrogens with one attached hydrogen (secondary N) is 2. The van der Waals surface area contributed by atoms with Crippen molar-refractivity contribution < 1.29 is 15.0 Å². The molecule has 1 heterocycles. The van der Waals surface area contributed by atoms with Crippen LogP contribution in [0.25, 0.3) is 0 Å². The molecule has 0 spiro atoms. The Morgan fingerprint density at radius 1 is 1.27 bits per heavy atom. The average molecular weight is 306 g/mol. The van der Waals surface area contributed by atoms with Crippen LogP contribution in [0.1, 0.15) is 38.4 Å². The molecule has 1 amide bonds. The Balaban J connectivity index is 1.90. The summed E-state index contributed by atoms with van der Waals surface area (Å²) in [7, 11) is 0. The molecule has 0 saturated carbocycles. The Morgan fingerprint density at radius 3 is 2.55 bits per heavy atom. The van der Waals surface area contributed by atoms with Crippen molar-refractivity contribution in [2.75, 3.05) is 6.54 Å². The summed E-state index contributed by atoms with van der Waals surface area (Å²) in [5.41, 5.74) is 0.765. The van der Waals surface area contributed by atoms with Crippen LogP contribution in [0.3, 0.4) is 0 Å². The molecule has 1 saturated heterocycles. The van der Waals surface area contributed by atoms with E-state index < -0.39 is 24.2 Å². The standard InChI is InChI=1S/C17H26N2O3/c1-11(15(20)14-9-6-10-18-14)17(22)19-12(2)16(21)13-7-4-3-5-8-13/h3-5,7-8,11-12,14-16,18,20-21H,6,9-10H2,1-2H3,(H,19,22)/t11-,12+,14-,15+,16+/m0/s1. The van der Waals surface area contributed by atoms with Crippen molar-refractivity contribution in [1.29, 1.82) is 0 Å². The second-order valence-electron chi connectivity index (χ2n) is 6.13. The fourth-order valence-electron chi connectivity index (χ4n) is 2.88. The predicted molar refractivity (Wildman–Crippen MR) is 85.2 cm³/mol. The quantitative estimate of drug-likeness (QED) is 0.631. The van der Waals surface area contributed by atoms with E-state index in [0.29, 0.717) is 0 Å². The van der Waals surface area contributed by atoms with E-state index >= 15 is 0 Å². The van der Waals surface area contributed by atoms with Gasteiger partial charge in [0.05, 0.1) is 24.2 Å². The zero-order valence-corrected chi connectivity index (χ0v) is 13.2. The van der Waals surface area contributed by atoms with Crippen LogP contribution in [-0.2, 0) is 4.79 Å². The molecule has 0 aliphatic carbocycles. The lowest BCUT2D eigenvalue weighted by molar-refractivity contribution is -0.129. The molecule has 0 bridgehead atoms. The lowest BCUT2D eigenvalue weighted by Crippen LogP contribution is -2.48. The van der Waals surface area contributed by atoms with E-state index in [9.17, 15) is 15.0 Å². The van der Waals surface area contributed by atoms with Crippen LogP contribution in [-0.4, -0.2) is 40.9 Å². The molecule has 2 rings (SSSR count). The molecular weight excluding hydrogens is 280 g/mol. The molecule has 1 aromatic carbocycles. The third-order valence-electron chi connectivity index (χ3n) is 4.42. The maximum atomic E-state index is 12.3. The lowest BCUT2D eigenvalue weighted by atomic mass is 9.95. The van der Waals surface area contributed by atoms with Crippen molar-refractivity contribution in [2.45, 2.75) is 51.0 Å². The summed E-state index contributed by atoms with van der Waals surface area (Å²) in [6.07, 6.45) is 0.447. The van der Waals surface area contributed by atoms with E-state index in [2.05, 4.69) is 10.6 Å². The van der Waals surface area contributed by atoms with Crippen LogP contribution in [0.2, 0.25) is 0 Å². The average Bonchev–Trinajstić information content (AvgIpc) is 3.07. The largest absolute Gasteiger partial charge is 0.391 e. The summed E-state index contributed by atoms with van der Waals surface area (Å²) in [6, 6.07) is 8.81. The first-order valence-corrected chi connectivity index (χ1v) is 7.95. The molecule has 5 nitrogen and oxygen atoms in total. The highest BCUT2D eigenvalue weighted by atomic mass is 16.3. The lowest BCUT2D eigenvalue weighted by Gasteiger charge is -2.27. The maximum Gasteiger partial charge on any atom is 0.225 e. The van der Waals surface area contributed by atoms with Crippen molar-refractivity contribution in [3.63, 3.8) is 0 Å². The summed E-state index contributed by atoms with van der Waals surface area (Å²) in [5.74, 6) is -0.746. The maximum absolute atomic E-state index is 12.3. The van der Waals surface area contributed by atoms with Gasteiger partial charge in [0.2, 0.25) is 5.91 Å². The summed E-state index contributed by atoms with van der Waals surface area (Å²) < 4.78 is 0. The molecule has 0 unspecified atom stereocenters. The molecular formula is C17H26N2O3. The van der Waals surface area contributed by atoms with Gasteiger partial charge in [0.25, 0.3) is 0 Å². The van der Waals surface area contributed by atoms with Gasteiger partial charge in [0.1, 0.15) is 0 Å². The first-order chi connectivity index (χ1) is 10.5. The van der Waals surface area contributed by atoms with E-state index in [-0.39, 0.29) is 11.9 Å². The number of carbonyl (C=O) groups excluding carboxylic acids is 1. The van der Waals surface area contributed by atoms with Crippen LogP contribution in [0.15, 0.2) is 30.3 Å². The first kappa shape index (κ1) is 16.9. The van der Waals surface area contributed by atoms with Crippen LogP contribution < -0.4 is 10.6 Å². The highest BCUT2D eigenvalue weighted by molar-refractivity contribution is 5.79. The van der Waals surface area contributed by atoms with Gasteiger partial charge in [0.15, 0.2) is 0 Å². The number of hydrogen-bond acceptors (Lipinski definition) is 4. The number of rotatable bonds is 6. The van der Waals surface area contributed by atoms with Crippen LogP contribution >= 0.6 is 0 Å². The van der Waals surface area contributed by atoms with Crippen molar-refractivity contribution in [3.8, 4) is 0 Å². The van der Waals surface area contributed by atoms with Crippen molar-refractivity contribution in [3.05, 3.63) is 35.9 Å². The normalized spacial score (nSPS) is 23.5. The van der Waals surface area contributed by atoms with Crippen LogP contribution in [0, 0.1) is 5.92 Å². The molecule has 5 heteroatoms. The molecule has 1 aromatic rings. The number of aliphatic hydroxyl groups is 2. The van der Waals surface area contributed by atoms with Gasteiger partial charge in [-0.2, -0.15) is 0 Å². The number of carbonyl (C=O) groups is 1. The zero-order chi connectivity index (χ0) is 16.1. The van der Waals surface area contributed by atoms with E-state index in [4.69, 9.17) is 0 Å². The smallest absolute Gasteiger partial charge is 0.225 e. The van der Waals surface area contributed by atoms with Gasteiger partial charge in [0, 0.05) is 6.04 Å². The zero-order valence-electron chi connectivity index (χ0n) is 13.2. The van der Waals surface area contributed by atoms with E-state index in [1.54, 1.807) is 13.8 Å². The van der Waals surface area contributed by atoms with Gasteiger partial charge < -0.3 is 20.8 Å². The molecule has 0 radical (unpaired) electrons. The van der Waals surface area contributed by atoms with Gasteiger partial charge in [-0.3, -0.25) is 4.79 Å². The molecule has 122 valence electrons. The van der Waals surface area contributed by atoms with Crippen molar-refractivity contribution in [2.24, 2.45) is 5.92 Å². The Hall–Kier alpha value is -1.43. The third-order valence-corrected chi connectivity index (χ3v) is 4.42. The monoisotopic (exact) mass is 306 g/mol. The van der Waals surface area contributed by atoms with Gasteiger partial charge in [-0.1, -0.05) is 37.3 Å². The molecule has 1 fully saturated rings. The van der Waals surface area contributed by atoms with Crippen molar-refractivity contribution in [1.82, 2.24) is 10.6 Å². The minimum atomic E-state index is -0.765. The predicted octanol–water partition coefficient (Wildman–Crippen LogP) is 0.974. The Labute approximate surface area is 131 Å². The van der Waals surface area contributed by atoms with Gasteiger partial charge in [-0.25, -0.2) is 0 Å². The van der Waals surface area contributed by atoms with Gasteiger partial charge in [-0.15, -0.1) is 0 Å². The number of benzene rings is 1. The van der Waals surface area contributed by atoms with Crippen LogP contribution in [0.4, 0.5) is 0 Å². The summed E-state index contributed by atoms with van der Waals surface area (Å²) in [4.78, 5) is 12.3. The summed E-state index contributed by atoms with van der Waals surface area (Å²) in [6.45, 7) is 4.38. The van der Waals surface area contributed by atoms with E-state index in [1.807, 2.05) is 30.3 Å². The number of amides is 1. The molecule has 1 aliphatic rings. The first-order valence-electron chi connectivity index (χ1n) is 7.95. The minimum Gasteiger partial charge on any atom is -0.391 e. The third kappa shape index (κ3) is 4.06. The number of aliphatic hydroxyl groups excluding tert-OH is 2. The summed E-state index contributed by atoms with van der Waals surface area (Å²) in [5, 5.41) is 26.6. The van der Waals surface area contributed by atoms with E-state index in [1.165, 1.54) is 0 Å². The molecule has 5 atom stereocenters. The Kier molecular flexibility index (Phi) is 5.94. The topological polar surface area (TPSA) is 81.6 Å². The minimum absolute atomic E-state index is 0.0184.